The molecule has 0 fully saturated rings. The molecule has 0 saturated carbocycles. The Morgan fingerprint density at radius 1 is 1.14 bits per heavy atom. The fourth-order valence-corrected chi connectivity index (χ4v) is 2.13. The normalized spacial score (nSPS) is 11.7. The molecule has 0 aliphatic heterocycles. The molecule has 110 valence electrons. The Hall–Kier alpha value is -2.20. The summed E-state index contributed by atoms with van der Waals surface area (Å²) in [5.74, 6) is -0.178. The largest absolute Gasteiger partial charge is 0.493 e. The Kier molecular flexibility index (Phi) is 5.06. The van der Waals surface area contributed by atoms with Gasteiger partial charge in [-0.25, -0.2) is 4.79 Å². The Labute approximate surface area is 127 Å². The Balaban J connectivity index is 2.20. The molecule has 0 aliphatic rings. The Bertz CT molecular complexity index is 627. The summed E-state index contributed by atoms with van der Waals surface area (Å²) in [6.45, 7) is 0. The van der Waals surface area contributed by atoms with Crippen molar-refractivity contribution in [1.82, 2.24) is 0 Å². The molecular weight excluding hydrogens is 292 g/mol. The molecule has 1 unspecified atom stereocenters. The number of ether oxygens (including phenoxy) is 2. The average molecular weight is 307 g/mol. The molecule has 0 radical (unpaired) electrons. The quantitative estimate of drug-likeness (QED) is 0.888. The van der Waals surface area contributed by atoms with Gasteiger partial charge in [0.25, 0.3) is 0 Å². The summed E-state index contributed by atoms with van der Waals surface area (Å²) in [6, 6.07) is 14.0. The van der Waals surface area contributed by atoms with Gasteiger partial charge in [-0.3, -0.25) is 0 Å². The lowest BCUT2D eigenvalue weighted by molar-refractivity contribution is -0.145. The summed E-state index contributed by atoms with van der Waals surface area (Å²) >= 11 is 6.06. The highest BCUT2D eigenvalue weighted by Gasteiger charge is 2.22. The van der Waals surface area contributed by atoms with Crippen molar-refractivity contribution in [3.05, 3.63) is 59.1 Å². The lowest BCUT2D eigenvalue weighted by Gasteiger charge is -2.17. The number of methoxy groups -OCH3 is 1. The minimum Gasteiger partial charge on any atom is -0.493 e. The molecule has 1 atom stereocenters. The fraction of sp³-hybridized carbons (Fsp3) is 0.188. The van der Waals surface area contributed by atoms with Crippen molar-refractivity contribution in [2.24, 2.45) is 0 Å². The lowest BCUT2D eigenvalue weighted by Crippen LogP contribution is -2.29. The van der Waals surface area contributed by atoms with Crippen molar-refractivity contribution in [3.63, 3.8) is 0 Å². The Morgan fingerprint density at radius 3 is 2.38 bits per heavy atom. The van der Waals surface area contributed by atoms with E-state index in [1.54, 1.807) is 42.5 Å². The standard InChI is InChI=1S/C16H15ClO4/c1-20-13-8-4-5-9-14(13)21-15(16(18)19)10-11-6-2-3-7-12(11)17/h2-9,15H,10H2,1H3,(H,18,19). The second-order valence-corrected chi connectivity index (χ2v) is 4.80. The zero-order valence-corrected chi connectivity index (χ0v) is 12.2. The molecule has 0 aromatic heterocycles. The van der Waals surface area contributed by atoms with Gasteiger partial charge in [-0.2, -0.15) is 0 Å². The number of carboxylic acids is 1. The molecular formula is C16H15ClO4. The number of carboxylic acid groups (broad SMARTS) is 1. The van der Waals surface area contributed by atoms with Gasteiger partial charge in [0, 0.05) is 11.4 Å². The van der Waals surface area contributed by atoms with E-state index in [-0.39, 0.29) is 6.42 Å². The molecule has 21 heavy (non-hydrogen) atoms. The molecule has 2 aromatic carbocycles. The van der Waals surface area contributed by atoms with Crippen molar-refractivity contribution in [2.45, 2.75) is 12.5 Å². The van der Waals surface area contributed by atoms with E-state index in [0.29, 0.717) is 16.5 Å². The summed E-state index contributed by atoms with van der Waals surface area (Å²) in [7, 11) is 1.51. The lowest BCUT2D eigenvalue weighted by atomic mass is 10.1. The van der Waals surface area contributed by atoms with E-state index in [1.165, 1.54) is 7.11 Å². The number of benzene rings is 2. The minimum atomic E-state index is -1.05. The van der Waals surface area contributed by atoms with Gasteiger partial charge in [0.2, 0.25) is 0 Å². The molecule has 0 amide bonds. The van der Waals surface area contributed by atoms with Crippen LogP contribution in [0.3, 0.4) is 0 Å². The van der Waals surface area contributed by atoms with Gasteiger partial charge >= 0.3 is 5.97 Å². The first-order valence-electron chi connectivity index (χ1n) is 6.37. The van der Waals surface area contributed by atoms with Crippen LogP contribution in [-0.4, -0.2) is 24.3 Å². The van der Waals surface area contributed by atoms with Gasteiger partial charge in [0.05, 0.1) is 7.11 Å². The Morgan fingerprint density at radius 2 is 1.76 bits per heavy atom. The maximum absolute atomic E-state index is 11.4. The first-order valence-corrected chi connectivity index (χ1v) is 6.75. The van der Waals surface area contributed by atoms with Crippen molar-refractivity contribution in [2.75, 3.05) is 7.11 Å². The first kappa shape index (κ1) is 15.2. The van der Waals surface area contributed by atoms with Crippen LogP contribution in [0.4, 0.5) is 0 Å². The first-order chi connectivity index (χ1) is 10.1. The van der Waals surface area contributed by atoms with Crippen molar-refractivity contribution in [1.29, 1.82) is 0 Å². The number of hydrogen-bond acceptors (Lipinski definition) is 3. The maximum atomic E-state index is 11.4. The monoisotopic (exact) mass is 306 g/mol. The topological polar surface area (TPSA) is 55.8 Å². The van der Waals surface area contributed by atoms with Crippen LogP contribution in [0.2, 0.25) is 5.02 Å². The number of para-hydroxylation sites is 2. The highest BCUT2D eigenvalue weighted by atomic mass is 35.5. The molecule has 1 N–H and O–H groups in total. The zero-order valence-electron chi connectivity index (χ0n) is 11.5. The molecule has 2 aromatic rings. The van der Waals surface area contributed by atoms with Gasteiger partial charge in [-0.1, -0.05) is 41.9 Å². The zero-order chi connectivity index (χ0) is 15.2. The van der Waals surface area contributed by atoms with Crippen molar-refractivity contribution < 1.29 is 19.4 Å². The molecule has 2 rings (SSSR count). The molecule has 4 nitrogen and oxygen atoms in total. The summed E-state index contributed by atoms with van der Waals surface area (Å²) in [5.41, 5.74) is 0.724. The summed E-state index contributed by atoms with van der Waals surface area (Å²) in [4.78, 5) is 11.4. The number of halogens is 1. The smallest absolute Gasteiger partial charge is 0.345 e. The van der Waals surface area contributed by atoms with E-state index in [4.69, 9.17) is 21.1 Å². The number of aliphatic carboxylic acids is 1. The molecule has 0 bridgehead atoms. The molecule has 0 saturated heterocycles. The highest BCUT2D eigenvalue weighted by molar-refractivity contribution is 6.31. The second-order valence-electron chi connectivity index (χ2n) is 4.39. The molecule has 0 heterocycles. The number of hydrogen-bond donors (Lipinski definition) is 1. The summed E-state index contributed by atoms with van der Waals surface area (Å²) in [6.07, 6.45) is -0.867. The molecule has 0 spiro atoms. The predicted molar refractivity (Wildman–Crippen MR) is 80.2 cm³/mol. The van der Waals surface area contributed by atoms with Crippen LogP contribution < -0.4 is 9.47 Å². The van der Waals surface area contributed by atoms with Crippen LogP contribution in [0.15, 0.2) is 48.5 Å². The van der Waals surface area contributed by atoms with Gasteiger partial charge in [0.1, 0.15) is 0 Å². The summed E-state index contributed by atoms with van der Waals surface area (Å²) in [5, 5.41) is 9.86. The maximum Gasteiger partial charge on any atom is 0.345 e. The fourth-order valence-electron chi connectivity index (χ4n) is 1.91. The van der Waals surface area contributed by atoms with E-state index in [2.05, 4.69) is 0 Å². The predicted octanol–water partition coefficient (Wildman–Crippen LogP) is 3.42. The van der Waals surface area contributed by atoms with E-state index in [1.807, 2.05) is 6.07 Å². The number of carbonyl (C=O) groups is 1. The highest BCUT2D eigenvalue weighted by Crippen LogP contribution is 2.28. The van der Waals surface area contributed by atoms with E-state index in [9.17, 15) is 9.90 Å². The molecule has 5 heteroatoms. The van der Waals surface area contributed by atoms with Gasteiger partial charge < -0.3 is 14.6 Å². The third-order valence-corrected chi connectivity index (χ3v) is 3.35. The second kappa shape index (κ2) is 6.99. The van der Waals surface area contributed by atoms with Crippen LogP contribution in [-0.2, 0) is 11.2 Å². The van der Waals surface area contributed by atoms with Gasteiger partial charge in [0.15, 0.2) is 17.6 Å². The van der Waals surface area contributed by atoms with E-state index >= 15 is 0 Å². The minimum absolute atomic E-state index is 0.174. The van der Waals surface area contributed by atoms with Crippen LogP contribution in [0.1, 0.15) is 5.56 Å². The van der Waals surface area contributed by atoms with Crippen LogP contribution >= 0.6 is 11.6 Å². The van der Waals surface area contributed by atoms with Crippen molar-refractivity contribution in [3.8, 4) is 11.5 Å². The molecule has 0 aliphatic carbocycles. The van der Waals surface area contributed by atoms with E-state index in [0.717, 1.165) is 5.56 Å². The summed E-state index contributed by atoms with van der Waals surface area (Å²) < 4.78 is 10.7. The number of rotatable bonds is 6. The SMILES string of the molecule is COc1ccccc1OC(Cc1ccccc1Cl)C(=O)O. The van der Waals surface area contributed by atoms with Gasteiger partial charge in [-0.15, -0.1) is 0 Å². The van der Waals surface area contributed by atoms with E-state index < -0.39 is 12.1 Å². The third kappa shape index (κ3) is 3.89. The van der Waals surface area contributed by atoms with Crippen LogP contribution in [0.25, 0.3) is 0 Å². The van der Waals surface area contributed by atoms with Gasteiger partial charge in [-0.05, 0) is 23.8 Å². The third-order valence-electron chi connectivity index (χ3n) is 2.98. The van der Waals surface area contributed by atoms with Crippen molar-refractivity contribution >= 4 is 17.6 Å². The van der Waals surface area contributed by atoms with Crippen LogP contribution in [0.5, 0.6) is 11.5 Å². The van der Waals surface area contributed by atoms with Crippen LogP contribution in [0, 0.1) is 0 Å². The average Bonchev–Trinajstić information content (AvgIpc) is 2.49.